The molecule has 0 rings (SSSR count). The van der Waals surface area contributed by atoms with Crippen LogP contribution in [-0.4, -0.2) is 0 Å². The van der Waals surface area contributed by atoms with E-state index >= 15 is 0 Å². The third-order valence-electron chi connectivity index (χ3n) is 0. The Hall–Kier alpha value is -0.482. The Kier molecular flexibility index (Phi) is 30.9. The summed E-state index contributed by atoms with van der Waals surface area (Å²) in [6.07, 6.45) is 0. The Balaban J connectivity index is -0.0000000450. The topological polar surface area (TPSA) is 0 Å². The normalized spacial score (nSPS) is 5.77. The van der Waals surface area contributed by atoms with Gasteiger partial charge in [-0.2, -0.15) is 0 Å². The van der Waals surface area contributed by atoms with Gasteiger partial charge in [0.25, 0.3) is 0 Å². The van der Waals surface area contributed by atoms with Crippen molar-refractivity contribution < 1.29 is 21.1 Å². The zero-order valence-corrected chi connectivity index (χ0v) is 11.2. The van der Waals surface area contributed by atoms with Crippen LogP contribution in [0.25, 0.3) is 0 Å². The molecule has 0 nitrogen and oxygen atoms in total. The maximum atomic E-state index is 3.44. The van der Waals surface area contributed by atoms with E-state index in [4.69, 9.17) is 0 Å². The molecule has 0 aromatic carbocycles. The van der Waals surface area contributed by atoms with Gasteiger partial charge in [-0.05, 0) is 0 Å². The Labute approximate surface area is 99.1 Å². The first-order valence-corrected chi connectivity index (χ1v) is 3.62. The van der Waals surface area contributed by atoms with Gasteiger partial charge >= 0.3 is 21.1 Å². The summed E-state index contributed by atoms with van der Waals surface area (Å²) in [6, 6.07) is 0. The van der Waals surface area contributed by atoms with E-state index in [1.54, 1.807) is 0 Å². The van der Waals surface area contributed by atoms with E-state index in [1.165, 1.54) is 0 Å². The molecule has 0 bridgehead atoms. The zero-order valence-electron chi connectivity index (χ0n) is 9.15. The van der Waals surface area contributed by atoms with Crippen LogP contribution >= 0.6 is 0 Å². The summed E-state index contributed by atoms with van der Waals surface area (Å²) in [4.78, 5) is 0. The predicted molar refractivity (Wildman–Crippen MR) is 60.5 cm³/mol. The zero-order chi connectivity index (χ0) is 10.7. The predicted octanol–water partition coefficient (Wildman–Crippen LogP) is 4.19. The SMILES string of the molecule is C=C([CH2-])C.C=C([CH2-])C.C=C([CH2-])C.[Mo+3]. The average Bonchev–Trinajstić information content (AvgIpc) is 1.54. The molecular formula is C12H21Mo. The molecule has 1 heteroatoms. The number of rotatable bonds is 0. The monoisotopic (exact) mass is 263 g/mol. The van der Waals surface area contributed by atoms with Crippen molar-refractivity contribution in [3.63, 3.8) is 0 Å². The first-order chi connectivity index (χ1) is 5.20. The second-order valence-electron chi connectivity index (χ2n) is 2.87. The van der Waals surface area contributed by atoms with Gasteiger partial charge in [-0.3, -0.25) is 0 Å². The van der Waals surface area contributed by atoms with E-state index in [-0.39, 0.29) is 21.1 Å². The van der Waals surface area contributed by atoms with Gasteiger partial charge in [0, 0.05) is 0 Å². The van der Waals surface area contributed by atoms with Crippen LogP contribution in [0, 0.1) is 20.8 Å². The van der Waals surface area contributed by atoms with E-state index < -0.39 is 0 Å². The smallest absolute Gasteiger partial charge is 0.242 e. The van der Waals surface area contributed by atoms with Crippen molar-refractivity contribution in [1.82, 2.24) is 0 Å². The van der Waals surface area contributed by atoms with Crippen molar-refractivity contribution in [3.8, 4) is 0 Å². The molecular weight excluding hydrogens is 240 g/mol. The van der Waals surface area contributed by atoms with E-state index in [1.807, 2.05) is 20.8 Å². The quantitative estimate of drug-likeness (QED) is 0.453. The molecule has 0 spiro atoms. The molecule has 0 unspecified atom stereocenters. The average molecular weight is 261 g/mol. The largest absolute Gasteiger partial charge is 3.00 e. The van der Waals surface area contributed by atoms with E-state index in [2.05, 4.69) is 40.5 Å². The Morgan fingerprint density at radius 1 is 0.692 bits per heavy atom. The molecule has 0 heterocycles. The van der Waals surface area contributed by atoms with Crippen LogP contribution in [0.15, 0.2) is 36.5 Å². The fraction of sp³-hybridized carbons (Fsp3) is 0.250. The van der Waals surface area contributed by atoms with Crippen LogP contribution in [-0.2, 0) is 21.1 Å². The van der Waals surface area contributed by atoms with Crippen LogP contribution in [0.3, 0.4) is 0 Å². The Morgan fingerprint density at radius 3 is 0.692 bits per heavy atom. The fourth-order valence-electron chi connectivity index (χ4n) is 0. The molecule has 0 aromatic heterocycles. The van der Waals surface area contributed by atoms with Gasteiger partial charge in [-0.1, -0.05) is 20.8 Å². The van der Waals surface area contributed by atoms with Crippen molar-refractivity contribution >= 4 is 0 Å². The molecule has 0 saturated heterocycles. The molecule has 1 radical (unpaired) electrons. The summed E-state index contributed by atoms with van der Waals surface area (Å²) < 4.78 is 0. The van der Waals surface area contributed by atoms with Crippen LogP contribution < -0.4 is 0 Å². The van der Waals surface area contributed by atoms with Crippen LogP contribution in [0.4, 0.5) is 0 Å². The number of allylic oxidation sites excluding steroid dienone is 3. The molecule has 0 aromatic rings. The molecule has 0 aliphatic rings. The second-order valence-corrected chi connectivity index (χ2v) is 2.87. The molecule has 75 valence electrons. The van der Waals surface area contributed by atoms with Gasteiger partial charge in [0.05, 0.1) is 0 Å². The van der Waals surface area contributed by atoms with Gasteiger partial charge in [0.1, 0.15) is 0 Å². The molecule has 0 atom stereocenters. The second kappa shape index (κ2) is 17.6. The van der Waals surface area contributed by atoms with Gasteiger partial charge in [0.15, 0.2) is 0 Å². The Bertz CT molecular complexity index is 103. The molecule has 0 N–H and O–H groups in total. The summed E-state index contributed by atoms with van der Waals surface area (Å²) in [5.41, 5.74) is 2.75. The molecule has 0 aliphatic heterocycles. The minimum Gasteiger partial charge on any atom is -0.242 e. The summed E-state index contributed by atoms with van der Waals surface area (Å²) in [5.74, 6) is 0. The van der Waals surface area contributed by atoms with Crippen molar-refractivity contribution in [1.29, 1.82) is 0 Å². The Morgan fingerprint density at radius 2 is 0.692 bits per heavy atom. The van der Waals surface area contributed by atoms with E-state index in [9.17, 15) is 0 Å². The van der Waals surface area contributed by atoms with Crippen LogP contribution in [0.5, 0.6) is 0 Å². The summed E-state index contributed by atoms with van der Waals surface area (Å²) in [5, 5.41) is 0. The summed E-state index contributed by atoms with van der Waals surface area (Å²) >= 11 is 0. The first kappa shape index (κ1) is 22.9. The van der Waals surface area contributed by atoms with Gasteiger partial charge < -0.3 is 0 Å². The summed E-state index contributed by atoms with van der Waals surface area (Å²) in [6.45, 7) is 26.2. The molecule has 13 heavy (non-hydrogen) atoms. The summed E-state index contributed by atoms with van der Waals surface area (Å²) in [7, 11) is 0. The van der Waals surface area contributed by atoms with Crippen molar-refractivity contribution in [2.24, 2.45) is 0 Å². The molecule has 0 aliphatic carbocycles. The molecule has 0 amide bonds. The van der Waals surface area contributed by atoms with Crippen LogP contribution in [0.1, 0.15) is 20.8 Å². The maximum absolute atomic E-state index is 3.44. The maximum Gasteiger partial charge on any atom is 3.00 e. The fourth-order valence-corrected chi connectivity index (χ4v) is 0. The number of hydrogen-bond acceptors (Lipinski definition) is 0. The van der Waals surface area contributed by atoms with Gasteiger partial charge in [-0.15, -0.1) is 0 Å². The third-order valence-corrected chi connectivity index (χ3v) is 0. The minimum atomic E-state index is 0. The van der Waals surface area contributed by atoms with Crippen LogP contribution in [0.2, 0.25) is 0 Å². The standard InChI is InChI=1S/3C4H7.Mo/c3*1-4(2)3;/h3*1-2H2,3H3;/q3*-1;+3. The van der Waals surface area contributed by atoms with Crippen molar-refractivity contribution in [2.75, 3.05) is 0 Å². The molecule has 0 saturated carbocycles. The number of hydrogen-bond donors (Lipinski definition) is 0. The van der Waals surface area contributed by atoms with Crippen molar-refractivity contribution in [2.45, 2.75) is 20.8 Å². The third kappa shape index (κ3) is 4500. The van der Waals surface area contributed by atoms with Gasteiger partial charge in [0.2, 0.25) is 0 Å². The van der Waals surface area contributed by atoms with Gasteiger partial charge in [-0.25, -0.2) is 57.2 Å². The molecule has 0 fully saturated rings. The van der Waals surface area contributed by atoms with E-state index in [0.717, 1.165) is 16.7 Å². The van der Waals surface area contributed by atoms with E-state index in [0.29, 0.717) is 0 Å². The minimum absolute atomic E-state index is 0. The van der Waals surface area contributed by atoms with Crippen molar-refractivity contribution in [3.05, 3.63) is 57.2 Å². The first-order valence-electron chi connectivity index (χ1n) is 3.62.